The first kappa shape index (κ1) is 18.3. The molecule has 0 bridgehead atoms. The molecule has 0 saturated carbocycles. The van der Waals surface area contributed by atoms with E-state index >= 15 is 0 Å². The van der Waals surface area contributed by atoms with Gasteiger partial charge in [0.15, 0.2) is 11.6 Å². The van der Waals surface area contributed by atoms with Crippen molar-refractivity contribution in [3.8, 4) is 0 Å². The van der Waals surface area contributed by atoms with Crippen molar-refractivity contribution in [1.29, 1.82) is 0 Å². The van der Waals surface area contributed by atoms with E-state index in [0.29, 0.717) is 30.1 Å². The predicted octanol–water partition coefficient (Wildman–Crippen LogP) is 2.31. The minimum Gasteiger partial charge on any atom is -0.339 e. The third-order valence-electron chi connectivity index (χ3n) is 3.43. The number of rotatable bonds is 8. The maximum absolute atomic E-state index is 12.2. The van der Waals surface area contributed by atoms with Crippen LogP contribution < -0.4 is 4.72 Å². The molecule has 0 spiro atoms. The van der Waals surface area contributed by atoms with E-state index in [9.17, 15) is 13.2 Å². The van der Waals surface area contributed by atoms with Gasteiger partial charge in [0.2, 0.25) is 15.9 Å². The standard InChI is InChI=1S/C16H21N3O4S/c1-11(2)16-18-15(23-19-16)5-4-10-17-24(21,22)14-8-6-13(7-9-14)12(3)20/h6-9,11,17H,4-5,10H2,1-3H3. The molecule has 0 aliphatic heterocycles. The largest absolute Gasteiger partial charge is 0.339 e. The summed E-state index contributed by atoms with van der Waals surface area (Å²) in [5.41, 5.74) is 0.478. The van der Waals surface area contributed by atoms with Crippen molar-refractivity contribution in [2.24, 2.45) is 0 Å². The van der Waals surface area contributed by atoms with E-state index in [2.05, 4.69) is 14.9 Å². The van der Waals surface area contributed by atoms with Crippen molar-refractivity contribution in [1.82, 2.24) is 14.9 Å². The highest BCUT2D eigenvalue weighted by atomic mass is 32.2. The number of carbonyl (C=O) groups excluding carboxylic acids is 1. The van der Waals surface area contributed by atoms with Crippen LogP contribution >= 0.6 is 0 Å². The summed E-state index contributed by atoms with van der Waals surface area (Å²) in [5.74, 6) is 1.24. The van der Waals surface area contributed by atoms with Gasteiger partial charge in [-0.1, -0.05) is 31.1 Å². The second-order valence-corrected chi connectivity index (χ2v) is 7.55. The third kappa shape index (κ3) is 4.72. The van der Waals surface area contributed by atoms with E-state index < -0.39 is 10.0 Å². The Morgan fingerprint density at radius 2 is 1.92 bits per heavy atom. The summed E-state index contributed by atoms with van der Waals surface area (Å²) in [6.07, 6.45) is 1.05. The molecule has 0 saturated heterocycles. The molecule has 1 aromatic heterocycles. The molecule has 1 aromatic carbocycles. The normalized spacial score (nSPS) is 11.8. The van der Waals surface area contributed by atoms with Gasteiger partial charge in [-0.05, 0) is 25.5 Å². The van der Waals surface area contributed by atoms with E-state index in [1.807, 2.05) is 13.8 Å². The van der Waals surface area contributed by atoms with Gasteiger partial charge in [0.05, 0.1) is 4.90 Å². The Kier molecular flexibility index (Phi) is 5.84. The van der Waals surface area contributed by atoms with Gasteiger partial charge in [-0.25, -0.2) is 13.1 Å². The van der Waals surface area contributed by atoms with Crippen LogP contribution in [-0.4, -0.2) is 30.9 Å². The number of nitrogens with zero attached hydrogens (tertiary/aromatic N) is 2. The first-order valence-electron chi connectivity index (χ1n) is 7.73. The Morgan fingerprint density at radius 3 is 2.46 bits per heavy atom. The zero-order valence-corrected chi connectivity index (χ0v) is 14.8. The van der Waals surface area contributed by atoms with Crippen LogP contribution in [0.3, 0.4) is 0 Å². The van der Waals surface area contributed by atoms with Gasteiger partial charge in [0.1, 0.15) is 0 Å². The molecule has 8 heteroatoms. The molecular weight excluding hydrogens is 330 g/mol. The first-order chi connectivity index (χ1) is 11.3. The van der Waals surface area contributed by atoms with Gasteiger partial charge in [0.25, 0.3) is 0 Å². The van der Waals surface area contributed by atoms with Crippen molar-refractivity contribution in [2.45, 2.75) is 44.4 Å². The zero-order chi connectivity index (χ0) is 17.7. The molecule has 0 radical (unpaired) electrons. The molecule has 130 valence electrons. The van der Waals surface area contributed by atoms with E-state index in [-0.39, 0.29) is 23.1 Å². The number of benzene rings is 1. The lowest BCUT2D eigenvalue weighted by Crippen LogP contribution is -2.25. The van der Waals surface area contributed by atoms with Crippen molar-refractivity contribution >= 4 is 15.8 Å². The Bertz CT molecular complexity index is 795. The topological polar surface area (TPSA) is 102 Å². The molecule has 7 nitrogen and oxygen atoms in total. The fourth-order valence-corrected chi connectivity index (χ4v) is 3.08. The van der Waals surface area contributed by atoms with Crippen molar-refractivity contribution in [3.63, 3.8) is 0 Å². The second kappa shape index (κ2) is 7.67. The maximum atomic E-state index is 12.2. The number of hydrogen-bond acceptors (Lipinski definition) is 6. The third-order valence-corrected chi connectivity index (χ3v) is 4.91. The van der Waals surface area contributed by atoms with Gasteiger partial charge in [0, 0.05) is 24.4 Å². The summed E-state index contributed by atoms with van der Waals surface area (Å²) in [7, 11) is -3.59. The summed E-state index contributed by atoms with van der Waals surface area (Å²) >= 11 is 0. The van der Waals surface area contributed by atoms with Crippen molar-refractivity contribution in [3.05, 3.63) is 41.5 Å². The fraction of sp³-hybridized carbons (Fsp3) is 0.438. The van der Waals surface area contributed by atoms with Crippen LogP contribution in [0.1, 0.15) is 55.2 Å². The van der Waals surface area contributed by atoms with E-state index in [4.69, 9.17) is 4.52 Å². The second-order valence-electron chi connectivity index (χ2n) is 5.78. The SMILES string of the molecule is CC(=O)c1ccc(S(=O)(=O)NCCCc2nc(C(C)C)no2)cc1. The minimum atomic E-state index is -3.59. The molecule has 1 N–H and O–H groups in total. The quantitative estimate of drug-likeness (QED) is 0.578. The fourth-order valence-electron chi connectivity index (χ4n) is 2.00. The van der Waals surface area contributed by atoms with Gasteiger partial charge in [-0.3, -0.25) is 4.79 Å². The van der Waals surface area contributed by atoms with Gasteiger partial charge >= 0.3 is 0 Å². The summed E-state index contributed by atoms with van der Waals surface area (Å²) in [4.78, 5) is 15.6. The highest BCUT2D eigenvalue weighted by molar-refractivity contribution is 7.89. The molecule has 24 heavy (non-hydrogen) atoms. The lowest BCUT2D eigenvalue weighted by molar-refractivity contribution is 0.101. The summed E-state index contributed by atoms with van der Waals surface area (Å²) in [6, 6.07) is 5.85. The van der Waals surface area contributed by atoms with Gasteiger partial charge in [-0.15, -0.1) is 0 Å². The molecule has 0 unspecified atom stereocenters. The lowest BCUT2D eigenvalue weighted by atomic mass is 10.2. The molecule has 0 aliphatic rings. The average molecular weight is 351 g/mol. The summed E-state index contributed by atoms with van der Waals surface area (Å²) < 4.78 is 32.0. The Hall–Kier alpha value is -2.06. The Labute approximate surface area is 141 Å². The molecular formula is C16H21N3O4S. The van der Waals surface area contributed by atoms with Crippen LogP contribution in [0.25, 0.3) is 0 Å². The van der Waals surface area contributed by atoms with E-state index in [1.54, 1.807) is 0 Å². The zero-order valence-electron chi connectivity index (χ0n) is 13.9. The number of nitrogens with one attached hydrogen (secondary N) is 1. The van der Waals surface area contributed by atoms with Crippen LogP contribution in [-0.2, 0) is 16.4 Å². The number of hydrogen-bond donors (Lipinski definition) is 1. The van der Waals surface area contributed by atoms with Gasteiger partial charge < -0.3 is 4.52 Å². The highest BCUT2D eigenvalue weighted by Gasteiger charge is 2.14. The molecule has 0 amide bonds. The molecule has 0 aliphatic carbocycles. The summed E-state index contributed by atoms with van der Waals surface area (Å²) in [5, 5.41) is 3.86. The van der Waals surface area contributed by atoms with E-state index in [1.165, 1.54) is 31.2 Å². The minimum absolute atomic E-state index is 0.104. The predicted molar refractivity (Wildman–Crippen MR) is 88.3 cm³/mol. The molecule has 2 aromatic rings. The number of carbonyl (C=O) groups is 1. The van der Waals surface area contributed by atoms with Crippen LogP contribution in [0.4, 0.5) is 0 Å². The molecule has 0 atom stereocenters. The monoisotopic (exact) mass is 351 g/mol. The number of Topliss-reactive ketones (excluding diaryl/α,β-unsaturated/α-hetero) is 1. The first-order valence-corrected chi connectivity index (χ1v) is 9.21. The number of ketones is 1. The van der Waals surface area contributed by atoms with E-state index in [0.717, 1.165) is 0 Å². The van der Waals surface area contributed by atoms with Crippen molar-refractivity contribution < 1.29 is 17.7 Å². The summed E-state index contributed by atoms with van der Waals surface area (Å²) in [6.45, 7) is 5.64. The highest BCUT2D eigenvalue weighted by Crippen LogP contribution is 2.12. The molecule has 2 rings (SSSR count). The molecule has 1 heterocycles. The lowest BCUT2D eigenvalue weighted by Gasteiger charge is -2.06. The average Bonchev–Trinajstić information content (AvgIpc) is 3.01. The maximum Gasteiger partial charge on any atom is 0.240 e. The molecule has 0 fully saturated rings. The number of aryl methyl sites for hydroxylation is 1. The van der Waals surface area contributed by atoms with Crippen LogP contribution in [0.5, 0.6) is 0 Å². The Balaban J connectivity index is 1.87. The van der Waals surface area contributed by atoms with Crippen LogP contribution in [0.15, 0.2) is 33.7 Å². The van der Waals surface area contributed by atoms with Gasteiger partial charge in [-0.2, -0.15) is 4.98 Å². The smallest absolute Gasteiger partial charge is 0.240 e. The van der Waals surface area contributed by atoms with Crippen LogP contribution in [0, 0.1) is 0 Å². The Morgan fingerprint density at radius 1 is 1.25 bits per heavy atom. The van der Waals surface area contributed by atoms with Crippen LogP contribution in [0.2, 0.25) is 0 Å². The van der Waals surface area contributed by atoms with Crippen molar-refractivity contribution in [2.75, 3.05) is 6.54 Å². The number of sulfonamides is 1. The number of aromatic nitrogens is 2.